The molecule has 0 amide bonds. The minimum absolute atomic E-state index is 1.29. The molecule has 0 saturated carbocycles. The first kappa shape index (κ1) is 11.9. The summed E-state index contributed by atoms with van der Waals surface area (Å²) < 4.78 is 42.5. The van der Waals surface area contributed by atoms with Crippen molar-refractivity contribution in [1.82, 2.24) is 9.66 Å². The summed E-state index contributed by atoms with van der Waals surface area (Å²) in [6.07, 6.45) is 4.54. The standard InChI is InChI=1S/C5H6N2O4S2/c1-3-5-13(10,11)7-6-12(8,9)4-2/h2,6-7H,1H3. The molecule has 0 fully saturated rings. The smallest absolute Gasteiger partial charge is 0.197 e. The Labute approximate surface area is 76.8 Å². The molecule has 2 N–H and O–H groups in total. The van der Waals surface area contributed by atoms with E-state index in [1.807, 2.05) is 0 Å². The molecule has 72 valence electrons. The summed E-state index contributed by atoms with van der Waals surface area (Å²) in [5, 5.41) is 3.08. The lowest BCUT2D eigenvalue weighted by Gasteiger charge is -1.98. The van der Waals surface area contributed by atoms with Gasteiger partial charge in [0.05, 0.1) is 0 Å². The molecule has 8 heteroatoms. The van der Waals surface area contributed by atoms with Crippen LogP contribution in [0.15, 0.2) is 0 Å². The Hall–Kier alpha value is -1.06. The maximum absolute atomic E-state index is 10.7. The quantitative estimate of drug-likeness (QED) is 0.440. The van der Waals surface area contributed by atoms with E-state index in [9.17, 15) is 16.8 Å². The van der Waals surface area contributed by atoms with Gasteiger partial charge in [0.15, 0.2) is 0 Å². The molecule has 0 spiro atoms. The van der Waals surface area contributed by atoms with Crippen molar-refractivity contribution in [2.24, 2.45) is 0 Å². The molecular weight excluding hydrogens is 216 g/mol. The number of hydrogen-bond donors (Lipinski definition) is 2. The Bertz CT molecular complexity index is 471. The minimum Gasteiger partial charge on any atom is -0.197 e. The third kappa shape index (κ3) is 5.22. The first-order valence-corrected chi connectivity index (χ1v) is 5.74. The van der Waals surface area contributed by atoms with Gasteiger partial charge in [0.2, 0.25) is 0 Å². The van der Waals surface area contributed by atoms with Gasteiger partial charge in [-0.05, 0) is 6.92 Å². The molecule has 0 heterocycles. The summed E-state index contributed by atoms with van der Waals surface area (Å²) in [6, 6.07) is 0. The number of terminal acetylenes is 1. The van der Waals surface area contributed by atoms with Crippen molar-refractivity contribution in [3.63, 3.8) is 0 Å². The van der Waals surface area contributed by atoms with Gasteiger partial charge < -0.3 is 0 Å². The Kier molecular flexibility index (Phi) is 3.91. The van der Waals surface area contributed by atoms with E-state index in [1.54, 1.807) is 5.25 Å². The highest BCUT2D eigenvalue weighted by Crippen LogP contribution is 1.79. The maximum atomic E-state index is 10.7. The van der Waals surface area contributed by atoms with Gasteiger partial charge in [0, 0.05) is 10.5 Å². The van der Waals surface area contributed by atoms with Crippen LogP contribution in [0, 0.1) is 22.8 Å². The van der Waals surface area contributed by atoms with Crippen LogP contribution in [-0.2, 0) is 20.0 Å². The van der Waals surface area contributed by atoms with Gasteiger partial charge in [-0.1, -0.05) is 5.92 Å². The van der Waals surface area contributed by atoms with E-state index in [4.69, 9.17) is 0 Å². The summed E-state index contributed by atoms with van der Waals surface area (Å²) in [5.74, 6) is 2.08. The van der Waals surface area contributed by atoms with Gasteiger partial charge in [0.25, 0.3) is 20.0 Å². The van der Waals surface area contributed by atoms with Crippen molar-refractivity contribution in [1.29, 1.82) is 0 Å². The zero-order valence-electron chi connectivity index (χ0n) is 6.53. The van der Waals surface area contributed by atoms with E-state index >= 15 is 0 Å². The fraction of sp³-hybridized carbons (Fsp3) is 0.200. The molecule has 0 saturated heterocycles. The van der Waals surface area contributed by atoms with Crippen LogP contribution in [0.2, 0.25) is 0 Å². The fourth-order valence-electron chi connectivity index (χ4n) is 0.299. The van der Waals surface area contributed by atoms with E-state index in [-0.39, 0.29) is 0 Å². The van der Waals surface area contributed by atoms with Crippen molar-refractivity contribution in [3.05, 3.63) is 0 Å². The summed E-state index contributed by atoms with van der Waals surface area (Å²) >= 11 is 0. The van der Waals surface area contributed by atoms with Gasteiger partial charge in [0.1, 0.15) is 0 Å². The molecule has 0 atom stereocenters. The van der Waals surface area contributed by atoms with Crippen LogP contribution in [0.4, 0.5) is 0 Å². The van der Waals surface area contributed by atoms with E-state index < -0.39 is 20.0 Å². The number of hydrazine groups is 1. The molecule has 0 rings (SSSR count). The number of nitrogens with one attached hydrogen (secondary N) is 2. The van der Waals surface area contributed by atoms with E-state index in [2.05, 4.69) is 12.3 Å². The number of hydrogen-bond acceptors (Lipinski definition) is 4. The first-order chi connectivity index (χ1) is 5.83. The summed E-state index contributed by atoms with van der Waals surface area (Å²) in [7, 11) is -8.02. The van der Waals surface area contributed by atoms with E-state index in [0.29, 0.717) is 0 Å². The lowest BCUT2D eigenvalue weighted by atomic mass is 10.9. The molecule has 0 bridgehead atoms. The van der Waals surface area contributed by atoms with Gasteiger partial charge >= 0.3 is 0 Å². The predicted molar refractivity (Wildman–Crippen MR) is 46.4 cm³/mol. The van der Waals surface area contributed by atoms with Gasteiger partial charge in [-0.25, -0.2) is 0 Å². The Morgan fingerprint density at radius 2 is 1.54 bits per heavy atom. The van der Waals surface area contributed by atoms with Crippen molar-refractivity contribution in [2.45, 2.75) is 6.92 Å². The first-order valence-electron chi connectivity index (χ1n) is 2.77. The molecule has 0 aromatic rings. The molecule has 0 aromatic carbocycles. The second-order valence-corrected chi connectivity index (χ2v) is 4.54. The molecule has 0 aliphatic rings. The second-order valence-electron chi connectivity index (χ2n) is 1.68. The zero-order valence-corrected chi connectivity index (χ0v) is 8.16. The van der Waals surface area contributed by atoms with Crippen LogP contribution in [0.25, 0.3) is 0 Å². The monoisotopic (exact) mass is 222 g/mol. The molecular formula is C5H6N2O4S2. The van der Waals surface area contributed by atoms with Gasteiger partial charge in [-0.3, -0.25) is 0 Å². The normalized spacial score (nSPS) is 11.1. The average molecular weight is 222 g/mol. The lowest BCUT2D eigenvalue weighted by Crippen LogP contribution is -2.39. The second kappa shape index (κ2) is 4.25. The summed E-state index contributed by atoms with van der Waals surface area (Å²) in [5.41, 5.74) is 0. The highest BCUT2D eigenvalue weighted by molar-refractivity contribution is 7.97. The molecule has 13 heavy (non-hydrogen) atoms. The highest BCUT2D eigenvalue weighted by atomic mass is 32.2. The Morgan fingerprint density at radius 1 is 1.08 bits per heavy atom. The van der Waals surface area contributed by atoms with Crippen molar-refractivity contribution in [3.8, 4) is 22.8 Å². The van der Waals surface area contributed by atoms with Crippen LogP contribution < -0.4 is 9.66 Å². The lowest BCUT2D eigenvalue weighted by molar-refractivity contribution is 0.570. The van der Waals surface area contributed by atoms with Crippen LogP contribution in [0.1, 0.15) is 6.92 Å². The van der Waals surface area contributed by atoms with Crippen LogP contribution in [-0.4, -0.2) is 16.8 Å². The third-order valence-corrected chi connectivity index (χ3v) is 2.36. The summed E-state index contributed by atoms with van der Waals surface area (Å²) in [6.45, 7) is 1.29. The average Bonchev–Trinajstić information content (AvgIpc) is 2.02. The molecule has 0 aliphatic carbocycles. The number of rotatable bonds is 3. The van der Waals surface area contributed by atoms with Crippen LogP contribution >= 0.6 is 0 Å². The maximum Gasteiger partial charge on any atom is 0.293 e. The summed E-state index contributed by atoms with van der Waals surface area (Å²) in [4.78, 5) is 2.90. The molecule has 0 unspecified atom stereocenters. The predicted octanol–water partition coefficient (Wildman–Crippen LogP) is -1.69. The van der Waals surface area contributed by atoms with Gasteiger partial charge in [-0.2, -0.15) is 16.8 Å². The molecule has 0 radical (unpaired) electrons. The fourth-order valence-corrected chi connectivity index (χ4v) is 1.56. The van der Waals surface area contributed by atoms with Crippen molar-refractivity contribution >= 4 is 20.0 Å². The molecule has 0 aliphatic heterocycles. The van der Waals surface area contributed by atoms with E-state index in [1.165, 1.54) is 21.8 Å². The zero-order chi connectivity index (χ0) is 10.5. The van der Waals surface area contributed by atoms with Gasteiger partial charge in [-0.15, -0.1) is 16.1 Å². The van der Waals surface area contributed by atoms with Crippen LogP contribution in [0.3, 0.4) is 0 Å². The minimum atomic E-state index is -4.05. The topological polar surface area (TPSA) is 92.3 Å². The molecule has 0 aromatic heterocycles. The Balaban J connectivity index is 4.54. The number of sulfonamides is 2. The van der Waals surface area contributed by atoms with Crippen molar-refractivity contribution in [2.75, 3.05) is 0 Å². The van der Waals surface area contributed by atoms with Crippen LogP contribution in [0.5, 0.6) is 0 Å². The molecule has 6 nitrogen and oxygen atoms in total. The Morgan fingerprint density at radius 3 is 1.92 bits per heavy atom. The third-order valence-electron chi connectivity index (χ3n) is 0.702. The largest absolute Gasteiger partial charge is 0.293 e. The highest BCUT2D eigenvalue weighted by Gasteiger charge is 2.09. The van der Waals surface area contributed by atoms with Crippen molar-refractivity contribution < 1.29 is 16.8 Å². The van der Waals surface area contributed by atoms with E-state index in [0.717, 1.165) is 0 Å². The SMILES string of the molecule is C#CS(=O)(=O)NNS(=O)(=O)C#CC.